The monoisotopic (exact) mass is 414 g/mol. The minimum atomic E-state index is -3.98. The molecular formula is C17H22N2O6S2. The summed E-state index contributed by atoms with van der Waals surface area (Å²) in [6, 6.07) is 9.55. The average Bonchev–Trinajstić information content (AvgIpc) is 2.60. The van der Waals surface area contributed by atoms with Crippen LogP contribution in [-0.2, 0) is 20.0 Å². The average molecular weight is 415 g/mol. The van der Waals surface area contributed by atoms with Crippen LogP contribution in [0.25, 0.3) is 0 Å². The number of sulfonamides is 2. The van der Waals surface area contributed by atoms with Crippen LogP contribution in [0.4, 0.5) is 5.69 Å². The zero-order valence-electron chi connectivity index (χ0n) is 15.4. The highest BCUT2D eigenvalue weighted by atomic mass is 32.2. The lowest BCUT2D eigenvalue weighted by Gasteiger charge is -2.13. The molecule has 0 fully saturated rings. The third kappa shape index (κ3) is 5.12. The number of benzene rings is 2. The van der Waals surface area contributed by atoms with Crippen molar-refractivity contribution in [2.24, 2.45) is 0 Å². The zero-order chi connectivity index (χ0) is 20.2. The van der Waals surface area contributed by atoms with Gasteiger partial charge < -0.3 is 9.47 Å². The van der Waals surface area contributed by atoms with Gasteiger partial charge in [0, 0.05) is 17.8 Å². The van der Waals surface area contributed by atoms with Crippen molar-refractivity contribution < 1.29 is 26.3 Å². The lowest BCUT2D eigenvalue weighted by atomic mass is 10.3. The van der Waals surface area contributed by atoms with Gasteiger partial charge in [0.1, 0.15) is 16.4 Å². The van der Waals surface area contributed by atoms with Gasteiger partial charge in [-0.15, -0.1) is 0 Å². The Morgan fingerprint density at radius 1 is 0.852 bits per heavy atom. The molecule has 10 heteroatoms. The van der Waals surface area contributed by atoms with Gasteiger partial charge in [0.15, 0.2) is 0 Å². The molecule has 0 saturated carbocycles. The maximum Gasteiger partial charge on any atom is 0.265 e. The Morgan fingerprint density at radius 3 is 2.00 bits per heavy atom. The molecule has 2 aromatic rings. The Hall–Kier alpha value is -2.30. The Kier molecular flexibility index (Phi) is 6.34. The van der Waals surface area contributed by atoms with E-state index in [-0.39, 0.29) is 27.3 Å². The fourth-order valence-corrected chi connectivity index (χ4v) is 4.78. The van der Waals surface area contributed by atoms with Crippen molar-refractivity contribution in [3.63, 3.8) is 0 Å². The molecule has 0 unspecified atom stereocenters. The number of ether oxygens (including phenoxy) is 2. The highest BCUT2D eigenvalue weighted by Crippen LogP contribution is 2.29. The van der Waals surface area contributed by atoms with Crippen LogP contribution in [0.5, 0.6) is 11.5 Å². The molecule has 2 rings (SSSR count). The van der Waals surface area contributed by atoms with Crippen LogP contribution < -0.4 is 18.9 Å². The molecule has 0 aliphatic heterocycles. The van der Waals surface area contributed by atoms with Gasteiger partial charge in [0.2, 0.25) is 10.0 Å². The summed E-state index contributed by atoms with van der Waals surface area (Å²) in [5, 5.41) is 0. The topological polar surface area (TPSA) is 111 Å². The van der Waals surface area contributed by atoms with Gasteiger partial charge in [-0.1, -0.05) is 0 Å². The van der Waals surface area contributed by atoms with Crippen molar-refractivity contribution >= 4 is 25.7 Å². The lowest BCUT2D eigenvalue weighted by molar-refractivity contribution is 0.392. The van der Waals surface area contributed by atoms with Crippen molar-refractivity contribution in [3.8, 4) is 11.5 Å². The van der Waals surface area contributed by atoms with Crippen LogP contribution in [0.15, 0.2) is 52.3 Å². The minimum Gasteiger partial charge on any atom is -0.497 e. The number of nitrogens with one attached hydrogen (secondary N) is 2. The summed E-state index contributed by atoms with van der Waals surface area (Å²) in [4.78, 5) is -0.0550. The quantitative estimate of drug-likeness (QED) is 0.685. The summed E-state index contributed by atoms with van der Waals surface area (Å²) < 4.78 is 64.7. The van der Waals surface area contributed by atoms with Crippen molar-refractivity contribution in [1.82, 2.24) is 4.72 Å². The molecule has 0 aliphatic rings. The van der Waals surface area contributed by atoms with Gasteiger partial charge in [-0.25, -0.2) is 21.6 Å². The van der Waals surface area contributed by atoms with E-state index in [4.69, 9.17) is 9.47 Å². The number of hydrogen-bond donors (Lipinski definition) is 2. The Labute approximate surface area is 159 Å². The molecule has 0 aromatic heterocycles. The summed E-state index contributed by atoms with van der Waals surface area (Å²) in [5.41, 5.74) is 0.211. The van der Waals surface area contributed by atoms with Crippen LogP contribution in [0.2, 0.25) is 0 Å². The first-order valence-electron chi connectivity index (χ1n) is 7.96. The van der Waals surface area contributed by atoms with E-state index in [0.29, 0.717) is 5.75 Å². The second kappa shape index (κ2) is 8.15. The van der Waals surface area contributed by atoms with E-state index >= 15 is 0 Å². The third-order valence-electron chi connectivity index (χ3n) is 3.47. The van der Waals surface area contributed by atoms with Gasteiger partial charge in [-0.05, 0) is 50.2 Å². The first-order chi connectivity index (χ1) is 12.6. The molecule has 0 amide bonds. The van der Waals surface area contributed by atoms with Crippen molar-refractivity contribution in [2.45, 2.75) is 29.7 Å². The maximum atomic E-state index is 12.7. The lowest BCUT2D eigenvalue weighted by Crippen LogP contribution is -2.30. The summed E-state index contributed by atoms with van der Waals surface area (Å²) in [5.74, 6) is 0.515. The van der Waals surface area contributed by atoms with Crippen LogP contribution >= 0.6 is 0 Å². The predicted octanol–water partition coefficient (Wildman–Crippen LogP) is 2.19. The molecule has 2 aromatic carbocycles. The molecule has 8 nitrogen and oxygen atoms in total. The fourth-order valence-electron chi connectivity index (χ4n) is 2.28. The van der Waals surface area contributed by atoms with Crippen LogP contribution in [0.3, 0.4) is 0 Å². The van der Waals surface area contributed by atoms with Crippen molar-refractivity contribution in [2.75, 3.05) is 18.9 Å². The van der Waals surface area contributed by atoms with Crippen molar-refractivity contribution in [3.05, 3.63) is 42.5 Å². The molecule has 148 valence electrons. The van der Waals surface area contributed by atoms with E-state index in [1.54, 1.807) is 19.9 Å². The molecule has 27 heavy (non-hydrogen) atoms. The second-order valence-electron chi connectivity index (χ2n) is 5.92. The largest absolute Gasteiger partial charge is 0.497 e. The highest BCUT2D eigenvalue weighted by Gasteiger charge is 2.21. The highest BCUT2D eigenvalue weighted by molar-refractivity contribution is 7.92. The van der Waals surface area contributed by atoms with E-state index in [9.17, 15) is 16.8 Å². The summed E-state index contributed by atoms with van der Waals surface area (Å²) in [6.07, 6.45) is 0. The SMILES string of the molecule is COc1ccc(OC)c(S(=O)(=O)Nc2ccc(S(=O)(=O)NC(C)C)cc2)c1. The molecular weight excluding hydrogens is 392 g/mol. The zero-order valence-corrected chi connectivity index (χ0v) is 17.0. The molecule has 2 N–H and O–H groups in total. The van der Waals surface area contributed by atoms with Crippen LogP contribution in [-0.4, -0.2) is 37.1 Å². The normalized spacial score (nSPS) is 12.0. The third-order valence-corrected chi connectivity index (χ3v) is 6.54. The van der Waals surface area contributed by atoms with Crippen molar-refractivity contribution in [1.29, 1.82) is 0 Å². The molecule has 0 heterocycles. The number of rotatable bonds is 8. The summed E-state index contributed by atoms with van der Waals surface area (Å²) in [6.45, 7) is 3.42. The van der Waals surface area contributed by atoms with E-state index < -0.39 is 20.0 Å². The molecule has 0 radical (unpaired) electrons. The molecule has 0 atom stereocenters. The van der Waals surface area contributed by atoms with E-state index in [0.717, 1.165) is 0 Å². The van der Waals surface area contributed by atoms with Gasteiger partial charge in [-0.3, -0.25) is 4.72 Å². The standard InChI is InChI=1S/C17H22N2O6S2/c1-12(2)18-26(20,21)15-8-5-13(6-9-15)19-27(22,23)17-11-14(24-3)7-10-16(17)25-4/h5-12,18-19H,1-4H3. The number of anilines is 1. The van der Waals surface area contributed by atoms with Gasteiger partial charge >= 0.3 is 0 Å². The Morgan fingerprint density at radius 2 is 1.48 bits per heavy atom. The Balaban J connectivity index is 2.31. The molecule has 0 spiro atoms. The Bertz CT molecular complexity index is 1000. The maximum absolute atomic E-state index is 12.7. The minimum absolute atomic E-state index is 0.0399. The first kappa shape index (κ1) is 21.0. The number of methoxy groups -OCH3 is 2. The predicted molar refractivity (Wildman–Crippen MR) is 102 cm³/mol. The van der Waals surface area contributed by atoms with E-state index in [2.05, 4.69) is 9.44 Å². The molecule has 0 saturated heterocycles. The first-order valence-corrected chi connectivity index (χ1v) is 10.9. The van der Waals surface area contributed by atoms with E-state index in [1.807, 2.05) is 0 Å². The van der Waals surface area contributed by atoms with Gasteiger partial charge in [-0.2, -0.15) is 0 Å². The van der Waals surface area contributed by atoms with Crippen LogP contribution in [0, 0.1) is 0 Å². The second-order valence-corrected chi connectivity index (χ2v) is 9.29. The van der Waals surface area contributed by atoms with Crippen LogP contribution in [0.1, 0.15) is 13.8 Å². The molecule has 0 bridgehead atoms. The smallest absolute Gasteiger partial charge is 0.265 e. The molecule has 0 aliphatic carbocycles. The summed E-state index contributed by atoms with van der Waals surface area (Å²) >= 11 is 0. The van der Waals surface area contributed by atoms with Gasteiger partial charge in [0.25, 0.3) is 10.0 Å². The van der Waals surface area contributed by atoms with Gasteiger partial charge in [0.05, 0.1) is 19.1 Å². The number of hydrogen-bond acceptors (Lipinski definition) is 6. The fraction of sp³-hybridized carbons (Fsp3) is 0.294. The van der Waals surface area contributed by atoms with E-state index in [1.165, 1.54) is 50.6 Å². The summed E-state index contributed by atoms with van der Waals surface area (Å²) in [7, 11) is -4.84.